The molecule has 0 radical (unpaired) electrons. The van der Waals surface area contributed by atoms with Gasteiger partial charge in [0.1, 0.15) is 17.3 Å². The molecule has 5 rings (SSSR count). The summed E-state index contributed by atoms with van der Waals surface area (Å²) >= 11 is 0. The number of carbonyl (C=O) groups excluding carboxylic acids is 1. The first-order valence-corrected chi connectivity index (χ1v) is 16.0. The van der Waals surface area contributed by atoms with Gasteiger partial charge in [0.2, 0.25) is 0 Å². The summed E-state index contributed by atoms with van der Waals surface area (Å²) in [4.78, 5) is 21.3. The van der Waals surface area contributed by atoms with Gasteiger partial charge in [0.15, 0.2) is 0 Å². The molecule has 4 aromatic carbocycles. The number of nitrogens with zero attached hydrogens (tertiary/aromatic N) is 1. The zero-order chi connectivity index (χ0) is 36.3. The first-order valence-electron chi connectivity index (χ1n) is 16.0. The molecule has 0 spiro atoms. The number of hydrogen-bond donors (Lipinski definition) is 3. The van der Waals surface area contributed by atoms with Crippen molar-refractivity contribution in [3.63, 3.8) is 0 Å². The van der Waals surface area contributed by atoms with Crippen LogP contribution in [-0.2, 0) is 17.8 Å². The number of primary amides is 1. The van der Waals surface area contributed by atoms with Crippen molar-refractivity contribution in [2.45, 2.75) is 65.0 Å². The number of amides is 1. The topological polar surface area (TPSA) is 122 Å². The van der Waals surface area contributed by atoms with Crippen molar-refractivity contribution in [1.29, 1.82) is 0 Å². The molecule has 11 heteroatoms. The summed E-state index contributed by atoms with van der Waals surface area (Å²) in [5.41, 5.74) is 10.0. The Balaban J connectivity index is 0.000000319. The molecule has 4 aromatic rings. The summed E-state index contributed by atoms with van der Waals surface area (Å²) in [5.74, 6) is -2.55. The Hall–Kier alpha value is -4.61. The minimum Gasteiger partial charge on any atom is -0.496 e. The highest BCUT2D eigenvalue weighted by atomic mass is 19.3. The van der Waals surface area contributed by atoms with E-state index in [2.05, 4.69) is 48.2 Å². The Morgan fingerprint density at radius 2 is 1.65 bits per heavy atom. The van der Waals surface area contributed by atoms with Crippen LogP contribution in [0.25, 0.3) is 21.9 Å². The molecule has 8 nitrogen and oxygen atoms in total. The molecule has 1 saturated heterocycles. The van der Waals surface area contributed by atoms with Gasteiger partial charge < -0.3 is 25.4 Å². The lowest BCUT2D eigenvalue weighted by Gasteiger charge is -2.32. The summed E-state index contributed by atoms with van der Waals surface area (Å²) in [7, 11) is 3.33. The second kappa shape index (κ2) is 17.7. The molecule has 49 heavy (non-hydrogen) atoms. The van der Waals surface area contributed by atoms with Crippen LogP contribution in [0.4, 0.5) is 13.2 Å². The Morgan fingerprint density at radius 1 is 1.02 bits per heavy atom. The van der Waals surface area contributed by atoms with Crippen molar-refractivity contribution in [2.75, 3.05) is 27.3 Å². The minimum absolute atomic E-state index is 0.0954. The molecule has 0 aliphatic carbocycles. The standard InChI is InChI=1S/C27H31F2NO2.C10H12FNO2.CH2O2/c1-4-7-19-8-5-10-22-21(19)9-6-11-23(22)25-24(31-2)13-12-20(26(25)32-3)18-30-16-14-27(28,29)15-17-30;1-5-3-7(6(2)13)4-8(11)9(5)10(12)14;2-1-3/h5-6,8-13H,4,7,14-18H2,1-3H3;3-4,6,13H,1-2H3,(H2,12,14);1H,(H,2,3). The van der Waals surface area contributed by atoms with E-state index in [1.807, 2.05) is 12.1 Å². The van der Waals surface area contributed by atoms with Gasteiger partial charge in [-0.1, -0.05) is 61.9 Å². The fourth-order valence-electron chi connectivity index (χ4n) is 6.07. The summed E-state index contributed by atoms with van der Waals surface area (Å²) in [6.07, 6.45) is 1.16. The van der Waals surface area contributed by atoms with Crippen LogP contribution in [0.1, 0.15) is 71.8 Å². The number of aliphatic hydroxyl groups excluding tert-OH is 1. The SMILES string of the molecule is CCCc1cccc2c(-c3c(OC)ccc(CN4CCC(F)(F)CC4)c3OC)cccc12.Cc1cc(C(C)O)cc(F)c1C(N)=O.O=CO. The molecule has 1 aliphatic rings. The molecular formula is C38H45F3N2O6. The lowest BCUT2D eigenvalue weighted by atomic mass is 9.92. The highest BCUT2D eigenvalue weighted by Gasteiger charge is 2.34. The monoisotopic (exact) mass is 682 g/mol. The average molecular weight is 683 g/mol. The number of alkyl halides is 2. The molecule has 1 unspecified atom stereocenters. The number of nitrogens with two attached hydrogens (primary N) is 1. The molecule has 1 aliphatic heterocycles. The zero-order valence-electron chi connectivity index (χ0n) is 28.6. The third kappa shape index (κ3) is 9.73. The summed E-state index contributed by atoms with van der Waals surface area (Å²) in [6, 6.07) is 19.4. The zero-order valence-corrected chi connectivity index (χ0v) is 28.6. The molecule has 0 aromatic heterocycles. The van der Waals surface area contributed by atoms with E-state index in [-0.39, 0.29) is 24.9 Å². The van der Waals surface area contributed by atoms with E-state index < -0.39 is 23.8 Å². The van der Waals surface area contributed by atoms with E-state index in [0.29, 0.717) is 30.8 Å². The van der Waals surface area contributed by atoms with Gasteiger partial charge >= 0.3 is 0 Å². The van der Waals surface area contributed by atoms with Gasteiger partial charge in [-0.05, 0) is 65.4 Å². The van der Waals surface area contributed by atoms with E-state index >= 15 is 0 Å². The van der Waals surface area contributed by atoms with Gasteiger partial charge in [-0.15, -0.1) is 0 Å². The molecule has 0 bridgehead atoms. The summed E-state index contributed by atoms with van der Waals surface area (Å²) < 4.78 is 52.2. The van der Waals surface area contributed by atoms with Crippen LogP contribution in [0.15, 0.2) is 60.7 Å². The van der Waals surface area contributed by atoms with Crippen LogP contribution in [-0.4, -0.2) is 60.7 Å². The van der Waals surface area contributed by atoms with E-state index in [4.69, 9.17) is 25.1 Å². The van der Waals surface area contributed by atoms with Gasteiger partial charge in [0.05, 0.1) is 31.5 Å². The lowest BCUT2D eigenvalue weighted by molar-refractivity contribution is -0.122. The molecule has 1 fully saturated rings. The summed E-state index contributed by atoms with van der Waals surface area (Å²) in [5, 5.41) is 18.5. The Bertz CT molecular complexity index is 1710. The molecule has 1 atom stereocenters. The Morgan fingerprint density at radius 3 is 2.20 bits per heavy atom. The first-order chi connectivity index (χ1) is 23.3. The fraction of sp³-hybridized carbons (Fsp3) is 0.368. The normalized spacial score (nSPS) is 14.5. The second-order valence-electron chi connectivity index (χ2n) is 11.9. The number of likely N-dealkylation sites (tertiary alicyclic amines) is 1. The van der Waals surface area contributed by atoms with Gasteiger partial charge in [0.25, 0.3) is 18.3 Å². The predicted octanol–water partition coefficient (Wildman–Crippen LogP) is 7.69. The van der Waals surface area contributed by atoms with Crippen LogP contribution in [0.3, 0.4) is 0 Å². The number of rotatable bonds is 9. The predicted molar refractivity (Wildman–Crippen MR) is 185 cm³/mol. The number of ether oxygens (including phenoxy) is 2. The molecule has 1 heterocycles. The number of aryl methyl sites for hydroxylation is 2. The van der Waals surface area contributed by atoms with Gasteiger partial charge in [-0.25, -0.2) is 13.2 Å². The average Bonchev–Trinajstić information content (AvgIpc) is 3.05. The number of halogens is 3. The van der Waals surface area contributed by atoms with E-state index in [1.54, 1.807) is 27.2 Å². The third-order valence-electron chi connectivity index (χ3n) is 8.45. The van der Waals surface area contributed by atoms with E-state index in [0.717, 1.165) is 52.5 Å². The number of carboxylic acid groups (broad SMARTS) is 1. The largest absolute Gasteiger partial charge is 0.496 e. The van der Waals surface area contributed by atoms with Crippen LogP contribution in [0.5, 0.6) is 11.5 Å². The van der Waals surface area contributed by atoms with E-state index in [1.165, 1.54) is 17.9 Å². The van der Waals surface area contributed by atoms with Crippen LogP contribution < -0.4 is 15.2 Å². The smallest absolute Gasteiger partial charge is 0.290 e. The molecule has 4 N–H and O–H groups in total. The van der Waals surface area contributed by atoms with Crippen molar-refractivity contribution in [3.05, 3.63) is 94.3 Å². The third-order valence-corrected chi connectivity index (χ3v) is 8.45. The number of fused-ring (bicyclic) bond motifs is 1. The quantitative estimate of drug-likeness (QED) is 0.155. The van der Waals surface area contributed by atoms with Crippen molar-refractivity contribution in [2.24, 2.45) is 5.73 Å². The number of hydrogen-bond acceptors (Lipinski definition) is 6. The van der Waals surface area contributed by atoms with E-state index in [9.17, 15) is 23.1 Å². The number of carbonyl (C=O) groups is 2. The highest BCUT2D eigenvalue weighted by molar-refractivity contribution is 6.01. The highest BCUT2D eigenvalue weighted by Crippen LogP contribution is 2.44. The number of benzene rings is 4. The molecule has 0 saturated carbocycles. The summed E-state index contributed by atoms with van der Waals surface area (Å²) in [6.45, 7) is 6.38. The fourth-order valence-corrected chi connectivity index (χ4v) is 6.07. The van der Waals surface area contributed by atoms with Crippen LogP contribution >= 0.6 is 0 Å². The van der Waals surface area contributed by atoms with Gasteiger partial charge in [-0.2, -0.15) is 0 Å². The van der Waals surface area contributed by atoms with Crippen molar-refractivity contribution in [1.82, 2.24) is 4.90 Å². The Labute approximate surface area is 285 Å². The maximum Gasteiger partial charge on any atom is 0.290 e. The second-order valence-corrected chi connectivity index (χ2v) is 11.9. The molecular weight excluding hydrogens is 637 g/mol. The number of methoxy groups -OCH3 is 2. The molecule has 1 amide bonds. The van der Waals surface area contributed by atoms with Crippen molar-refractivity contribution in [3.8, 4) is 22.6 Å². The van der Waals surface area contributed by atoms with Gasteiger partial charge in [0, 0.05) is 38.0 Å². The van der Waals surface area contributed by atoms with Crippen molar-refractivity contribution < 1.29 is 42.4 Å². The first kappa shape index (κ1) is 38.8. The maximum absolute atomic E-state index is 13.6. The number of piperidine rings is 1. The minimum atomic E-state index is -2.55. The Kier molecular flexibility index (Phi) is 14.0. The maximum atomic E-state index is 13.6. The van der Waals surface area contributed by atoms with Crippen LogP contribution in [0, 0.1) is 12.7 Å². The van der Waals surface area contributed by atoms with Crippen LogP contribution in [0.2, 0.25) is 0 Å². The van der Waals surface area contributed by atoms with Gasteiger partial charge in [-0.3, -0.25) is 14.5 Å². The lowest BCUT2D eigenvalue weighted by Crippen LogP contribution is -2.38. The number of aliphatic hydroxyl groups is 1. The van der Waals surface area contributed by atoms with Crippen molar-refractivity contribution >= 4 is 23.2 Å². The molecule has 264 valence electrons.